The lowest BCUT2D eigenvalue weighted by atomic mass is 10.1. The Morgan fingerprint density at radius 1 is 1.40 bits per heavy atom. The van der Waals surface area contributed by atoms with Crippen LogP contribution in [0.2, 0.25) is 5.02 Å². The van der Waals surface area contributed by atoms with Gasteiger partial charge in [0.1, 0.15) is 12.3 Å². The minimum atomic E-state index is -0.499. The van der Waals surface area contributed by atoms with Crippen molar-refractivity contribution in [3.05, 3.63) is 41.1 Å². The molecule has 7 heteroatoms. The summed E-state index contributed by atoms with van der Waals surface area (Å²) >= 11 is 6.24. The number of terminal acetylenes is 1. The van der Waals surface area contributed by atoms with Crippen molar-refractivity contribution in [3.8, 4) is 23.8 Å². The third-order valence-electron chi connectivity index (χ3n) is 3.22. The van der Waals surface area contributed by atoms with Gasteiger partial charge < -0.3 is 14.8 Å². The molecular weight excluding hydrogens is 344 g/mol. The van der Waals surface area contributed by atoms with Crippen molar-refractivity contribution in [2.45, 2.75) is 6.92 Å². The predicted octanol–water partition coefficient (Wildman–Crippen LogP) is 2.83. The van der Waals surface area contributed by atoms with Gasteiger partial charge in [0.2, 0.25) is 0 Å². The van der Waals surface area contributed by atoms with E-state index in [-0.39, 0.29) is 23.9 Å². The van der Waals surface area contributed by atoms with E-state index in [0.717, 1.165) is 4.90 Å². The Morgan fingerprint density at radius 2 is 2.16 bits per heavy atom. The van der Waals surface area contributed by atoms with Crippen molar-refractivity contribution < 1.29 is 19.1 Å². The summed E-state index contributed by atoms with van der Waals surface area (Å²) in [6.07, 6.45) is 8.19. The zero-order chi connectivity index (χ0) is 18.4. The Labute approximate surface area is 151 Å². The zero-order valence-corrected chi connectivity index (χ0v) is 14.4. The number of nitrogens with zero attached hydrogens (tertiary/aromatic N) is 1. The Hall–Kier alpha value is -2.91. The minimum Gasteiger partial charge on any atom is -0.490 e. The Balaban J connectivity index is 2.37. The van der Waals surface area contributed by atoms with E-state index in [2.05, 4.69) is 17.8 Å². The van der Waals surface area contributed by atoms with Gasteiger partial charge in [-0.3, -0.25) is 9.69 Å². The molecule has 1 aromatic rings. The highest BCUT2D eigenvalue weighted by atomic mass is 35.5. The number of carbonyl (C=O) groups is 2. The van der Waals surface area contributed by atoms with E-state index in [4.69, 9.17) is 27.5 Å². The fourth-order valence-electron chi connectivity index (χ4n) is 2.22. The SMILES string of the molecule is C#CCOc1c(Cl)cc(/C=C2/NC(=O)N(CC=C)C2=O)cc1OCC. The van der Waals surface area contributed by atoms with Gasteiger partial charge in [-0.15, -0.1) is 13.0 Å². The number of hydrogen-bond acceptors (Lipinski definition) is 4. The molecule has 1 fully saturated rings. The molecule has 0 aromatic heterocycles. The molecule has 1 aliphatic heterocycles. The van der Waals surface area contributed by atoms with Crippen molar-refractivity contribution in [2.24, 2.45) is 0 Å². The van der Waals surface area contributed by atoms with Crippen molar-refractivity contribution in [2.75, 3.05) is 19.8 Å². The minimum absolute atomic E-state index is 0.0469. The lowest BCUT2D eigenvalue weighted by Crippen LogP contribution is -2.30. The Morgan fingerprint density at radius 3 is 2.80 bits per heavy atom. The van der Waals surface area contributed by atoms with Crippen molar-refractivity contribution in [1.29, 1.82) is 0 Å². The third kappa shape index (κ3) is 4.14. The van der Waals surface area contributed by atoms with Gasteiger partial charge in [-0.2, -0.15) is 0 Å². The molecule has 0 spiro atoms. The number of hydrogen-bond donors (Lipinski definition) is 1. The molecule has 1 saturated heterocycles. The van der Waals surface area contributed by atoms with Gasteiger partial charge in [0.25, 0.3) is 5.91 Å². The number of halogens is 1. The largest absolute Gasteiger partial charge is 0.490 e. The van der Waals surface area contributed by atoms with Gasteiger partial charge in [0, 0.05) is 6.54 Å². The molecule has 25 heavy (non-hydrogen) atoms. The summed E-state index contributed by atoms with van der Waals surface area (Å²) in [5.74, 6) is 2.65. The molecule has 0 radical (unpaired) electrons. The molecule has 2 rings (SSSR count). The van der Waals surface area contributed by atoms with Gasteiger partial charge in [0.05, 0.1) is 11.6 Å². The zero-order valence-electron chi connectivity index (χ0n) is 13.7. The van der Waals surface area contributed by atoms with Crippen LogP contribution in [0.15, 0.2) is 30.5 Å². The number of nitrogens with one attached hydrogen (secondary N) is 1. The summed E-state index contributed by atoms with van der Waals surface area (Å²) < 4.78 is 10.9. The monoisotopic (exact) mass is 360 g/mol. The highest BCUT2D eigenvalue weighted by Crippen LogP contribution is 2.37. The van der Waals surface area contributed by atoms with Crippen LogP contribution >= 0.6 is 11.6 Å². The molecule has 1 aliphatic rings. The van der Waals surface area contributed by atoms with Crippen LogP contribution in [0.5, 0.6) is 11.5 Å². The van der Waals surface area contributed by atoms with Crippen molar-refractivity contribution >= 4 is 29.6 Å². The number of rotatable bonds is 7. The molecule has 1 N–H and O–H groups in total. The number of amides is 3. The molecule has 130 valence electrons. The Bertz CT molecular complexity index is 780. The predicted molar refractivity (Wildman–Crippen MR) is 95.4 cm³/mol. The van der Waals surface area contributed by atoms with Crippen molar-refractivity contribution in [3.63, 3.8) is 0 Å². The molecule has 0 aliphatic carbocycles. The van der Waals surface area contributed by atoms with Crippen LogP contribution in [0.25, 0.3) is 6.08 Å². The lowest BCUT2D eigenvalue weighted by Gasteiger charge is -2.13. The van der Waals surface area contributed by atoms with Crippen LogP contribution in [-0.4, -0.2) is 36.6 Å². The quantitative estimate of drug-likeness (QED) is 0.351. The first kappa shape index (κ1) is 18.4. The maximum absolute atomic E-state index is 12.2. The first-order chi connectivity index (χ1) is 12.0. The van der Waals surface area contributed by atoms with Gasteiger partial charge in [-0.25, -0.2) is 4.79 Å². The topological polar surface area (TPSA) is 67.9 Å². The maximum Gasteiger partial charge on any atom is 0.329 e. The summed E-state index contributed by atoms with van der Waals surface area (Å²) in [6, 6.07) is 2.75. The summed E-state index contributed by atoms with van der Waals surface area (Å²) in [6.45, 7) is 5.91. The van der Waals surface area contributed by atoms with E-state index in [9.17, 15) is 9.59 Å². The van der Waals surface area contributed by atoms with E-state index < -0.39 is 11.9 Å². The number of benzene rings is 1. The maximum atomic E-state index is 12.2. The highest BCUT2D eigenvalue weighted by Gasteiger charge is 2.32. The normalized spacial score (nSPS) is 15.1. The smallest absolute Gasteiger partial charge is 0.329 e. The second-order valence-electron chi connectivity index (χ2n) is 4.95. The number of carbonyl (C=O) groups excluding carboxylic acids is 2. The molecule has 0 atom stereocenters. The van der Waals surface area contributed by atoms with Crippen LogP contribution < -0.4 is 14.8 Å². The number of urea groups is 1. The summed E-state index contributed by atoms with van der Waals surface area (Å²) in [7, 11) is 0. The molecule has 1 heterocycles. The standard InChI is InChI=1S/C18H17ClN2O4/c1-4-7-21-17(22)14(20-18(21)23)10-12-9-13(19)16(25-8-5-2)15(11-12)24-6-3/h2,4,9-11H,1,6-8H2,3H3,(H,20,23)/b14-10+. The highest BCUT2D eigenvalue weighted by molar-refractivity contribution is 6.32. The molecular formula is C18H17ClN2O4. The van der Waals surface area contributed by atoms with E-state index in [1.807, 2.05) is 6.92 Å². The van der Waals surface area contributed by atoms with Gasteiger partial charge in [0.15, 0.2) is 11.5 Å². The van der Waals surface area contributed by atoms with E-state index in [0.29, 0.717) is 23.7 Å². The fraction of sp³-hybridized carbons (Fsp3) is 0.222. The van der Waals surface area contributed by atoms with Gasteiger partial charge in [-0.1, -0.05) is 23.6 Å². The summed E-state index contributed by atoms with van der Waals surface area (Å²) in [5, 5.41) is 2.80. The Kier molecular flexibility index (Phi) is 6.09. The van der Waals surface area contributed by atoms with Crippen molar-refractivity contribution in [1.82, 2.24) is 10.2 Å². The first-order valence-electron chi connectivity index (χ1n) is 7.49. The van der Waals surface area contributed by atoms with E-state index >= 15 is 0 Å². The lowest BCUT2D eigenvalue weighted by molar-refractivity contribution is -0.122. The molecule has 6 nitrogen and oxygen atoms in total. The second kappa shape index (κ2) is 8.27. The average Bonchev–Trinajstić information content (AvgIpc) is 2.82. The molecule has 0 unspecified atom stereocenters. The third-order valence-corrected chi connectivity index (χ3v) is 3.50. The summed E-state index contributed by atoms with van der Waals surface area (Å²) in [5.41, 5.74) is 0.716. The molecule has 1 aromatic carbocycles. The molecule has 0 bridgehead atoms. The second-order valence-corrected chi connectivity index (χ2v) is 5.36. The van der Waals surface area contributed by atoms with Crippen LogP contribution in [-0.2, 0) is 4.79 Å². The molecule has 0 saturated carbocycles. The number of imide groups is 1. The number of ether oxygens (including phenoxy) is 2. The molecule has 3 amide bonds. The summed E-state index contributed by atoms with van der Waals surface area (Å²) in [4.78, 5) is 25.1. The van der Waals surface area contributed by atoms with Gasteiger partial charge >= 0.3 is 6.03 Å². The van der Waals surface area contributed by atoms with E-state index in [1.165, 1.54) is 12.2 Å². The van der Waals surface area contributed by atoms with Crippen LogP contribution in [0.3, 0.4) is 0 Å². The van der Waals surface area contributed by atoms with Crippen LogP contribution in [0, 0.1) is 12.3 Å². The van der Waals surface area contributed by atoms with Crippen LogP contribution in [0.4, 0.5) is 4.79 Å². The van der Waals surface area contributed by atoms with Gasteiger partial charge in [-0.05, 0) is 30.7 Å². The average molecular weight is 361 g/mol. The van der Waals surface area contributed by atoms with Crippen LogP contribution in [0.1, 0.15) is 12.5 Å². The fourth-order valence-corrected chi connectivity index (χ4v) is 2.49. The first-order valence-corrected chi connectivity index (χ1v) is 7.87. The van der Waals surface area contributed by atoms with E-state index in [1.54, 1.807) is 12.1 Å².